The molecule has 4 rings (SSSR count). The molecule has 1 N–H and O–H groups in total. The van der Waals surface area contributed by atoms with Gasteiger partial charge in [0.05, 0.1) is 10.4 Å². The standard InChI is InChI=1S/C32H40F2N2O7S2Si/c1-30(2,3)43-29(39)36(20-42-15-16-46(5,6)7)28-35-31(4,25-19-32(25,44-28)27(37)38)23-17-21(13-14-24(23)33)18-26(34)45(40,41)22-11-9-8-10-12-22/h8-14,17-18,25H,15-16,19-20H2,1-7H3,(H,37,38)/b26-18+/t25-,31+,32-/m0/s1. The van der Waals surface area contributed by atoms with Crippen LogP contribution >= 0.6 is 11.8 Å². The number of aliphatic imine (C=N–C) groups is 1. The molecule has 9 nitrogen and oxygen atoms in total. The van der Waals surface area contributed by atoms with Crippen LogP contribution in [0.1, 0.15) is 45.2 Å². The van der Waals surface area contributed by atoms with E-state index in [1.165, 1.54) is 36.4 Å². The van der Waals surface area contributed by atoms with E-state index in [0.29, 0.717) is 6.61 Å². The Balaban J connectivity index is 1.78. The maximum atomic E-state index is 15.6. The van der Waals surface area contributed by atoms with E-state index in [1.54, 1.807) is 33.8 Å². The van der Waals surface area contributed by atoms with Gasteiger partial charge in [0.15, 0.2) is 5.17 Å². The normalized spacial score (nSPS) is 23.3. The third-order valence-electron chi connectivity index (χ3n) is 7.74. The Morgan fingerprint density at radius 1 is 1.17 bits per heavy atom. The number of carbonyl (C=O) groups excluding carboxylic acids is 1. The molecule has 2 aromatic rings. The van der Waals surface area contributed by atoms with Gasteiger partial charge in [0.2, 0.25) is 15.0 Å². The van der Waals surface area contributed by atoms with Crippen LogP contribution in [0.5, 0.6) is 0 Å². The van der Waals surface area contributed by atoms with Gasteiger partial charge in [-0.3, -0.25) is 9.79 Å². The first kappa shape index (κ1) is 35.8. The lowest BCUT2D eigenvalue weighted by Crippen LogP contribution is -2.47. The summed E-state index contributed by atoms with van der Waals surface area (Å²) >= 11 is 0.891. The van der Waals surface area contributed by atoms with Crippen LogP contribution in [0.25, 0.3) is 6.08 Å². The topological polar surface area (TPSA) is 123 Å². The van der Waals surface area contributed by atoms with Crippen LogP contribution < -0.4 is 0 Å². The molecule has 46 heavy (non-hydrogen) atoms. The average Bonchev–Trinajstić information content (AvgIpc) is 3.70. The number of hydrogen-bond donors (Lipinski definition) is 1. The second kappa shape index (κ2) is 12.9. The van der Waals surface area contributed by atoms with Crippen LogP contribution in [0.2, 0.25) is 25.7 Å². The predicted molar refractivity (Wildman–Crippen MR) is 177 cm³/mol. The molecule has 1 aliphatic carbocycles. The lowest BCUT2D eigenvalue weighted by molar-refractivity contribution is -0.137. The van der Waals surface area contributed by atoms with Crippen molar-refractivity contribution in [3.63, 3.8) is 0 Å². The molecule has 0 aromatic heterocycles. The predicted octanol–water partition coefficient (Wildman–Crippen LogP) is 7.28. The second-order valence-corrected chi connectivity index (χ2v) is 22.6. The molecule has 0 saturated heterocycles. The van der Waals surface area contributed by atoms with E-state index in [0.717, 1.165) is 34.8 Å². The molecule has 3 atom stereocenters. The minimum absolute atomic E-state index is 0.0147. The minimum Gasteiger partial charge on any atom is -0.480 e. The Morgan fingerprint density at radius 2 is 1.83 bits per heavy atom. The lowest BCUT2D eigenvalue weighted by Gasteiger charge is -2.37. The van der Waals surface area contributed by atoms with Crippen molar-refractivity contribution >= 4 is 53.0 Å². The largest absolute Gasteiger partial charge is 0.480 e. The van der Waals surface area contributed by atoms with Gasteiger partial charge in [0, 0.05) is 26.2 Å². The number of ether oxygens (including phenoxy) is 2. The van der Waals surface area contributed by atoms with E-state index in [-0.39, 0.29) is 34.3 Å². The number of carboxylic acids is 1. The fourth-order valence-electron chi connectivity index (χ4n) is 5.09. The summed E-state index contributed by atoms with van der Waals surface area (Å²) in [6.07, 6.45) is 0.0953. The van der Waals surface area contributed by atoms with E-state index in [9.17, 15) is 23.1 Å². The second-order valence-electron chi connectivity index (χ2n) is 13.9. The van der Waals surface area contributed by atoms with Gasteiger partial charge in [-0.25, -0.2) is 22.5 Å². The maximum Gasteiger partial charge on any atom is 0.418 e. The number of fused-ring (bicyclic) bond motifs is 1. The van der Waals surface area contributed by atoms with Crippen LogP contribution in [0, 0.1) is 11.7 Å². The van der Waals surface area contributed by atoms with Gasteiger partial charge in [-0.05, 0) is 76.1 Å². The number of sulfone groups is 1. The Bertz CT molecular complexity index is 1670. The molecule has 250 valence electrons. The van der Waals surface area contributed by atoms with E-state index in [4.69, 9.17) is 14.5 Å². The Kier molecular flexibility index (Phi) is 9.99. The summed E-state index contributed by atoms with van der Waals surface area (Å²) in [6.45, 7) is 13.3. The van der Waals surface area contributed by atoms with Gasteiger partial charge in [0.25, 0.3) is 0 Å². The fourth-order valence-corrected chi connectivity index (χ4v) is 8.39. The van der Waals surface area contributed by atoms with Crippen LogP contribution in [0.4, 0.5) is 13.6 Å². The van der Waals surface area contributed by atoms with Gasteiger partial charge in [-0.2, -0.15) is 4.39 Å². The first-order valence-corrected chi connectivity index (χ1v) is 20.8. The summed E-state index contributed by atoms with van der Waals surface area (Å²) in [5, 5.41) is 8.87. The molecular weight excluding hydrogens is 655 g/mol. The number of amides is 1. The van der Waals surface area contributed by atoms with Crippen molar-refractivity contribution in [3.8, 4) is 0 Å². The van der Waals surface area contributed by atoms with Gasteiger partial charge >= 0.3 is 12.1 Å². The number of benzene rings is 2. The number of aliphatic carboxylic acids is 1. The van der Waals surface area contributed by atoms with Gasteiger partial charge < -0.3 is 14.6 Å². The highest BCUT2D eigenvalue weighted by Gasteiger charge is 2.72. The number of rotatable bonds is 10. The number of nitrogens with zero attached hydrogens (tertiary/aromatic N) is 2. The zero-order valence-corrected chi connectivity index (χ0v) is 29.6. The zero-order chi connectivity index (χ0) is 34.3. The molecule has 1 amide bonds. The highest BCUT2D eigenvalue weighted by Crippen LogP contribution is 2.66. The molecule has 0 unspecified atom stereocenters. The molecule has 14 heteroatoms. The van der Waals surface area contributed by atoms with Crippen molar-refractivity contribution in [2.24, 2.45) is 10.9 Å². The third kappa shape index (κ3) is 7.72. The summed E-state index contributed by atoms with van der Waals surface area (Å²) < 4.78 is 66.5. The SMILES string of the molecule is CC(C)(C)OC(=O)N(COCC[Si](C)(C)C)C1=N[C@](C)(c2cc(/C=C(\F)S(=O)(=O)c3ccccc3)ccc2F)[C@@H]2C[C@]2(C(=O)O)S1. The van der Waals surface area contributed by atoms with Crippen molar-refractivity contribution in [2.75, 3.05) is 13.3 Å². The molecular formula is C32H40F2N2O7S2Si. The summed E-state index contributed by atoms with van der Waals surface area (Å²) in [4.78, 5) is 31.8. The molecule has 2 aromatic carbocycles. The summed E-state index contributed by atoms with van der Waals surface area (Å²) in [5.74, 6) is -2.59. The molecule has 2 aliphatic rings. The molecule has 1 heterocycles. The smallest absolute Gasteiger partial charge is 0.418 e. The van der Waals surface area contributed by atoms with E-state index < -0.39 is 62.8 Å². The number of carbonyl (C=O) groups is 2. The van der Waals surface area contributed by atoms with Crippen LogP contribution in [0.15, 0.2) is 63.6 Å². The number of hydrogen-bond acceptors (Lipinski definition) is 8. The Morgan fingerprint density at radius 3 is 2.41 bits per heavy atom. The van der Waals surface area contributed by atoms with Gasteiger partial charge in [-0.15, -0.1) is 0 Å². The summed E-state index contributed by atoms with van der Waals surface area (Å²) in [7, 11) is -5.94. The number of carboxylic acid groups (broad SMARTS) is 1. The quantitative estimate of drug-likeness (QED) is 0.157. The van der Waals surface area contributed by atoms with Crippen molar-refractivity contribution < 1.29 is 41.4 Å². The first-order valence-electron chi connectivity index (χ1n) is 14.8. The number of thioether (sulfide) groups is 1. The van der Waals surface area contributed by atoms with Gasteiger partial charge in [0.1, 0.15) is 22.9 Å². The molecule has 1 fully saturated rings. The molecule has 1 aliphatic heterocycles. The number of halogens is 2. The first-order chi connectivity index (χ1) is 21.2. The van der Waals surface area contributed by atoms with Crippen molar-refractivity contribution in [1.29, 1.82) is 0 Å². The molecule has 1 saturated carbocycles. The van der Waals surface area contributed by atoms with Gasteiger partial charge in [-0.1, -0.05) is 55.7 Å². The van der Waals surface area contributed by atoms with E-state index in [2.05, 4.69) is 19.6 Å². The monoisotopic (exact) mass is 694 g/mol. The maximum absolute atomic E-state index is 15.6. The Hall–Kier alpha value is -3.07. The number of amidine groups is 1. The lowest BCUT2D eigenvalue weighted by atomic mass is 9.85. The van der Waals surface area contributed by atoms with E-state index in [1.807, 2.05) is 0 Å². The highest BCUT2D eigenvalue weighted by molar-refractivity contribution is 8.15. The van der Waals surface area contributed by atoms with Crippen molar-refractivity contribution in [1.82, 2.24) is 4.90 Å². The van der Waals surface area contributed by atoms with Crippen molar-refractivity contribution in [3.05, 3.63) is 70.6 Å². The van der Waals surface area contributed by atoms with Crippen LogP contribution in [-0.4, -0.2) is 67.4 Å². The molecule has 0 bridgehead atoms. The summed E-state index contributed by atoms with van der Waals surface area (Å²) in [5.41, 5.74) is -2.45. The van der Waals surface area contributed by atoms with E-state index >= 15 is 8.78 Å². The molecule has 0 spiro atoms. The minimum atomic E-state index is -4.47. The molecule has 0 radical (unpaired) electrons. The third-order valence-corrected chi connectivity index (χ3v) is 12.5. The highest BCUT2D eigenvalue weighted by atomic mass is 32.2. The average molecular weight is 695 g/mol. The van der Waals surface area contributed by atoms with Crippen molar-refractivity contribution in [2.45, 2.75) is 80.6 Å². The van der Waals surface area contributed by atoms with Crippen LogP contribution in [-0.2, 0) is 29.6 Å². The Labute approximate surface area is 274 Å². The fraction of sp³-hybridized carbons (Fsp3) is 0.469. The summed E-state index contributed by atoms with van der Waals surface area (Å²) in [6, 6.07) is 11.4. The zero-order valence-electron chi connectivity index (χ0n) is 27.0. The van der Waals surface area contributed by atoms with Crippen LogP contribution in [0.3, 0.4) is 0 Å².